The van der Waals surface area contributed by atoms with Crippen molar-refractivity contribution < 1.29 is 9.90 Å². The van der Waals surface area contributed by atoms with Gasteiger partial charge in [-0.25, -0.2) is 4.79 Å². The zero-order chi connectivity index (χ0) is 10.6. The maximum atomic E-state index is 10.9. The summed E-state index contributed by atoms with van der Waals surface area (Å²) in [5, 5.41) is 13.1. The van der Waals surface area contributed by atoms with Crippen molar-refractivity contribution in [3.63, 3.8) is 0 Å². The summed E-state index contributed by atoms with van der Waals surface area (Å²) in [4.78, 5) is 10.9. The Morgan fingerprint density at radius 3 is 2.79 bits per heavy atom. The van der Waals surface area contributed by atoms with E-state index in [1.165, 1.54) is 0 Å². The second kappa shape index (κ2) is 4.79. The maximum absolute atomic E-state index is 10.9. The van der Waals surface area contributed by atoms with Crippen molar-refractivity contribution in [1.29, 1.82) is 0 Å². The van der Waals surface area contributed by atoms with Crippen molar-refractivity contribution in [2.75, 3.05) is 0 Å². The topological polar surface area (TPSA) is 55.1 Å². The van der Waals surface area contributed by atoms with E-state index < -0.39 is 5.97 Å². The first-order chi connectivity index (χ1) is 6.69. The molecule has 0 spiro atoms. The fourth-order valence-electron chi connectivity index (χ4n) is 1.29. The molecule has 0 unspecified atom stereocenters. The van der Waals surface area contributed by atoms with Crippen LogP contribution in [0.25, 0.3) is 0 Å². The molecule has 78 valence electrons. The third-order valence-electron chi connectivity index (χ3n) is 2.14. The zero-order valence-electron chi connectivity index (χ0n) is 8.66. The van der Waals surface area contributed by atoms with Crippen LogP contribution in [0.4, 0.5) is 0 Å². The molecular weight excluding hydrogens is 180 g/mol. The number of hydrogen-bond acceptors (Lipinski definition) is 2. The summed E-state index contributed by atoms with van der Waals surface area (Å²) in [6.07, 6.45) is 2.78. The van der Waals surface area contributed by atoms with Gasteiger partial charge in [0.05, 0.1) is 5.69 Å². The highest BCUT2D eigenvalue weighted by molar-refractivity contribution is 5.85. The highest BCUT2D eigenvalue weighted by Gasteiger charge is 2.12. The van der Waals surface area contributed by atoms with Crippen molar-refractivity contribution in [1.82, 2.24) is 9.78 Å². The Morgan fingerprint density at radius 2 is 2.29 bits per heavy atom. The maximum Gasteiger partial charge on any atom is 0.354 e. The molecule has 0 amide bonds. The first-order valence-corrected chi connectivity index (χ1v) is 4.99. The van der Waals surface area contributed by atoms with E-state index in [2.05, 4.69) is 12.0 Å². The van der Waals surface area contributed by atoms with Crippen LogP contribution < -0.4 is 0 Å². The van der Waals surface area contributed by atoms with Crippen LogP contribution in [0.5, 0.6) is 0 Å². The molecule has 1 N–H and O–H groups in total. The van der Waals surface area contributed by atoms with Crippen LogP contribution in [0.15, 0.2) is 6.07 Å². The van der Waals surface area contributed by atoms with Gasteiger partial charge in [-0.3, -0.25) is 4.68 Å². The number of aryl methyl sites for hydroxylation is 2. The minimum Gasteiger partial charge on any atom is -0.477 e. The summed E-state index contributed by atoms with van der Waals surface area (Å²) < 4.78 is 1.59. The zero-order valence-corrected chi connectivity index (χ0v) is 8.66. The van der Waals surface area contributed by atoms with E-state index in [0.29, 0.717) is 12.2 Å². The van der Waals surface area contributed by atoms with Gasteiger partial charge in [-0.15, -0.1) is 0 Å². The number of carboxylic acid groups (broad SMARTS) is 1. The molecule has 0 radical (unpaired) electrons. The molecule has 1 rings (SSSR count). The number of nitrogens with zero attached hydrogens (tertiary/aromatic N) is 2. The molecule has 0 bridgehead atoms. The lowest BCUT2D eigenvalue weighted by Gasteiger charge is -2.01. The molecule has 0 saturated carbocycles. The van der Waals surface area contributed by atoms with Gasteiger partial charge in [-0.2, -0.15) is 5.10 Å². The van der Waals surface area contributed by atoms with Gasteiger partial charge < -0.3 is 5.11 Å². The average molecular weight is 196 g/mol. The molecular formula is C10H16N2O2. The summed E-state index contributed by atoms with van der Waals surface area (Å²) in [5.41, 5.74) is 1.15. The number of aromatic carboxylic acids is 1. The Hall–Kier alpha value is -1.32. The van der Waals surface area contributed by atoms with E-state index in [0.717, 1.165) is 25.0 Å². The Kier molecular flexibility index (Phi) is 3.68. The SMILES string of the molecule is CCCCn1nc(CC)cc1C(=O)O. The van der Waals surface area contributed by atoms with Crippen molar-refractivity contribution in [3.05, 3.63) is 17.5 Å². The number of carbonyl (C=O) groups is 1. The van der Waals surface area contributed by atoms with Crippen molar-refractivity contribution in [2.45, 2.75) is 39.7 Å². The van der Waals surface area contributed by atoms with Crippen molar-refractivity contribution >= 4 is 5.97 Å². The van der Waals surface area contributed by atoms with E-state index in [1.54, 1.807) is 10.7 Å². The monoisotopic (exact) mass is 196 g/mol. The van der Waals surface area contributed by atoms with Crippen LogP contribution in [-0.2, 0) is 13.0 Å². The number of rotatable bonds is 5. The summed E-state index contributed by atoms with van der Waals surface area (Å²) in [6, 6.07) is 1.65. The van der Waals surface area contributed by atoms with Gasteiger partial charge in [-0.1, -0.05) is 20.3 Å². The summed E-state index contributed by atoms with van der Waals surface area (Å²) in [6.45, 7) is 4.74. The number of unbranched alkanes of at least 4 members (excludes halogenated alkanes) is 1. The molecule has 0 aliphatic heterocycles. The molecule has 0 atom stereocenters. The molecule has 0 aliphatic rings. The van der Waals surface area contributed by atoms with E-state index in [4.69, 9.17) is 5.11 Å². The van der Waals surface area contributed by atoms with Crippen LogP contribution in [0.2, 0.25) is 0 Å². The first-order valence-electron chi connectivity index (χ1n) is 4.99. The lowest BCUT2D eigenvalue weighted by atomic mass is 10.3. The van der Waals surface area contributed by atoms with Crippen LogP contribution in [0.3, 0.4) is 0 Å². The predicted octanol–water partition coefficient (Wildman–Crippen LogP) is 1.94. The normalized spacial score (nSPS) is 10.4. The molecule has 1 aromatic rings. The predicted molar refractivity (Wildman–Crippen MR) is 53.5 cm³/mol. The Labute approximate surface area is 83.5 Å². The standard InChI is InChI=1S/C10H16N2O2/c1-3-5-6-12-9(10(13)14)7-8(4-2)11-12/h7H,3-6H2,1-2H3,(H,13,14). The Morgan fingerprint density at radius 1 is 1.57 bits per heavy atom. The van der Waals surface area contributed by atoms with Crippen molar-refractivity contribution in [3.8, 4) is 0 Å². The Balaban J connectivity index is 2.88. The number of hydrogen-bond donors (Lipinski definition) is 1. The molecule has 1 aromatic heterocycles. The van der Waals surface area contributed by atoms with Gasteiger partial charge in [0.2, 0.25) is 0 Å². The number of carboxylic acids is 1. The quantitative estimate of drug-likeness (QED) is 0.783. The molecule has 4 heteroatoms. The van der Waals surface area contributed by atoms with Crippen LogP contribution in [-0.4, -0.2) is 20.9 Å². The summed E-state index contributed by atoms with van der Waals surface area (Å²) in [7, 11) is 0. The third kappa shape index (κ3) is 2.34. The van der Waals surface area contributed by atoms with E-state index in [1.807, 2.05) is 6.92 Å². The summed E-state index contributed by atoms with van der Waals surface area (Å²) >= 11 is 0. The van der Waals surface area contributed by atoms with E-state index in [-0.39, 0.29) is 0 Å². The molecule has 0 aromatic carbocycles. The molecule has 0 aliphatic carbocycles. The largest absolute Gasteiger partial charge is 0.477 e. The lowest BCUT2D eigenvalue weighted by molar-refractivity contribution is 0.0683. The second-order valence-electron chi connectivity index (χ2n) is 3.26. The minimum absolute atomic E-state index is 0.301. The van der Waals surface area contributed by atoms with Crippen LogP contribution >= 0.6 is 0 Å². The van der Waals surface area contributed by atoms with E-state index >= 15 is 0 Å². The third-order valence-corrected chi connectivity index (χ3v) is 2.14. The van der Waals surface area contributed by atoms with Gasteiger partial charge in [0, 0.05) is 6.54 Å². The summed E-state index contributed by atoms with van der Waals surface area (Å²) in [5.74, 6) is -0.895. The highest BCUT2D eigenvalue weighted by Crippen LogP contribution is 2.07. The smallest absolute Gasteiger partial charge is 0.354 e. The second-order valence-corrected chi connectivity index (χ2v) is 3.26. The van der Waals surface area contributed by atoms with Gasteiger partial charge in [-0.05, 0) is 18.9 Å². The van der Waals surface area contributed by atoms with Crippen LogP contribution in [0.1, 0.15) is 42.9 Å². The van der Waals surface area contributed by atoms with Crippen LogP contribution in [0, 0.1) is 0 Å². The lowest BCUT2D eigenvalue weighted by Crippen LogP contribution is -2.09. The highest BCUT2D eigenvalue weighted by atomic mass is 16.4. The fourth-order valence-corrected chi connectivity index (χ4v) is 1.29. The molecule has 0 saturated heterocycles. The first kappa shape index (κ1) is 10.8. The molecule has 1 heterocycles. The fraction of sp³-hybridized carbons (Fsp3) is 0.600. The molecule has 4 nitrogen and oxygen atoms in total. The number of aromatic nitrogens is 2. The molecule has 14 heavy (non-hydrogen) atoms. The average Bonchev–Trinajstić information content (AvgIpc) is 2.58. The van der Waals surface area contributed by atoms with E-state index in [9.17, 15) is 4.79 Å². The molecule has 0 fully saturated rings. The van der Waals surface area contributed by atoms with Gasteiger partial charge in [0.1, 0.15) is 5.69 Å². The van der Waals surface area contributed by atoms with Crippen molar-refractivity contribution in [2.24, 2.45) is 0 Å². The minimum atomic E-state index is -0.895. The van der Waals surface area contributed by atoms with Gasteiger partial charge in [0.25, 0.3) is 0 Å². The Bertz CT molecular complexity index is 318. The van der Waals surface area contributed by atoms with Gasteiger partial charge >= 0.3 is 5.97 Å². The van der Waals surface area contributed by atoms with Gasteiger partial charge in [0.15, 0.2) is 0 Å².